The number of nitrogens with one attached hydrogen (secondary N) is 1. The summed E-state index contributed by atoms with van der Waals surface area (Å²) in [6.07, 6.45) is 1.63. The highest BCUT2D eigenvalue weighted by Gasteiger charge is 2.08. The van der Waals surface area contributed by atoms with Crippen molar-refractivity contribution in [3.8, 4) is 0 Å². The molecule has 0 spiro atoms. The number of aromatic nitrogens is 1. The zero-order valence-corrected chi connectivity index (χ0v) is 13.0. The van der Waals surface area contributed by atoms with E-state index in [-0.39, 0.29) is 12.5 Å². The van der Waals surface area contributed by atoms with Gasteiger partial charge in [-0.15, -0.1) is 0 Å². The second-order valence-electron chi connectivity index (χ2n) is 4.75. The minimum Gasteiger partial charge on any atom is -0.444 e. The van der Waals surface area contributed by atoms with Gasteiger partial charge in [0.15, 0.2) is 0 Å². The summed E-state index contributed by atoms with van der Waals surface area (Å²) in [6, 6.07) is 11.6. The molecule has 1 amide bonds. The van der Waals surface area contributed by atoms with Gasteiger partial charge in [-0.05, 0) is 42.0 Å². The summed E-state index contributed by atoms with van der Waals surface area (Å²) in [4.78, 5) is 16.2. The van der Waals surface area contributed by atoms with Crippen LogP contribution in [0, 0.1) is 6.92 Å². The van der Waals surface area contributed by atoms with E-state index in [0.717, 1.165) is 21.0 Å². The molecule has 2 aromatic carbocycles. The third-order valence-electron chi connectivity index (χ3n) is 3.13. The molecule has 3 aromatic rings. The molecule has 0 aliphatic rings. The average molecular weight is 345 g/mol. The van der Waals surface area contributed by atoms with Crippen molar-refractivity contribution in [1.29, 1.82) is 0 Å². The monoisotopic (exact) mass is 344 g/mol. The third kappa shape index (κ3) is 3.13. The molecule has 0 atom stereocenters. The molecule has 0 aliphatic heterocycles. The van der Waals surface area contributed by atoms with Gasteiger partial charge in [0.05, 0.1) is 12.7 Å². The fourth-order valence-electron chi connectivity index (χ4n) is 2.10. The maximum atomic E-state index is 12.1. The Morgan fingerprint density at radius 1 is 1.24 bits per heavy atom. The second kappa shape index (κ2) is 5.69. The summed E-state index contributed by atoms with van der Waals surface area (Å²) in [6.45, 7) is 2.10. The van der Waals surface area contributed by atoms with Gasteiger partial charge in [-0.1, -0.05) is 28.1 Å². The van der Waals surface area contributed by atoms with Crippen molar-refractivity contribution in [3.63, 3.8) is 0 Å². The number of oxazole rings is 1. The van der Waals surface area contributed by atoms with Crippen molar-refractivity contribution in [2.24, 2.45) is 0 Å². The van der Waals surface area contributed by atoms with E-state index in [1.807, 2.05) is 43.3 Å². The quantitative estimate of drug-likeness (QED) is 0.785. The molecule has 1 heterocycles. The van der Waals surface area contributed by atoms with Crippen molar-refractivity contribution in [2.45, 2.75) is 13.5 Å². The molecule has 1 N–H and O–H groups in total. The molecule has 0 unspecified atom stereocenters. The number of hydrogen-bond acceptors (Lipinski definition) is 3. The van der Waals surface area contributed by atoms with E-state index in [9.17, 15) is 4.79 Å². The highest BCUT2D eigenvalue weighted by molar-refractivity contribution is 9.10. The van der Waals surface area contributed by atoms with E-state index in [1.165, 1.54) is 0 Å². The second-order valence-corrected chi connectivity index (χ2v) is 5.67. The van der Waals surface area contributed by atoms with Gasteiger partial charge < -0.3 is 9.73 Å². The van der Waals surface area contributed by atoms with Crippen LogP contribution in [0.25, 0.3) is 10.8 Å². The van der Waals surface area contributed by atoms with Gasteiger partial charge in [0.1, 0.15) is 5.76 Å². The van der Waals surface area contributed by atoms with E-state index in [0.29, 0.717) is 11.5 Å². The SMILES string of the molecule is Cc1cnc(CNC(=O)c2ccc3cc(Br)ccc3c2)o1. The first-order valence-electron chi connectivity index (χ1n) is 6.51. The van der Waals surface area contributed by atoms with E-state index in [1.54, 1.807) is 6.20 Å². The van der Waals surface area contributed by atoms with E-state index in [4.69, 9.17) is 4.42 Å². The lowest BCUT2D eigenvalue weighted by atomic mass is 10.1. The smallest absolute Gasteiger partial charge is 0.251 e. The Morgan fingerprint density at radius 3 is 2.76 bits per heavy atom. The Bertz CT molecular complexity index is 811. The number of halogens is 1. The molecule has 1 aromatic heterocycles. The topological polar surface area (TPSA) is 55.1 Å². The summed E-state index contributed by atoms with van der Waals surface area (Å²) in [7, 11) is 0. The number of benzene rings is 2. The molecule has 0 fully saturated rings. The zero-order valence-electron chi connectivity index (χ0n) is 11.4. The Morgan fingerprint density at radius 2 is 2.00 bits per heavy atom. The highest BCUT2D eigenvalue weighted by Crippen LogP contribution is 2.21. The molecule has 0 bridgehead atoms. The maximum Gasteiger partial charge on any atom is 0.251 e. The number of aryl methyl sites for hydroxylation is 1. The Balaban J connectivity index is 1.76. The van der Waals surface area contributed by atoms with E-state index >= 15 is 0 Å². The zero-order chi connectivity index (χ0) is 14.8. The molecule has 0 aliphatic carbocycles. The highest BCUT2D eigenvalue weighted by atomic mass is 79.9. The van der Waals surface area contributed by atoms with Crippen LogP contribution in [-0.4, -0.2) is 10.9 Å². The fourth-order valence-corrected chi connectivity index (χ4v) is 2.48. The fraction of sp³-hybridized carbons (Fsp3) is 0.125. The van der Waals surface area contributed by atoms with Crippen molar-refractivity contribution in [2.75, 3.05) is 0 Å². The van der Waals surface area contributed by atoms with Gasteiger partial charge in [-0.25, -0.2) is 4.98 Å². The molecule has 3 rings (SSSR count). The van der Waals surface area contributed by atoms with E-state index in [2.05, 4.69) is 26.2 Å². The molecular weight excluding hydrogens is 332 g/mol. The van der Waals surface area contributed by atoms with Crippen LogP contribution in [-0.2, 0) is 6.54 Å². The summed E-state index contributed by atoms with van der Waals surface area (Å²) in [5.41, 5.74) is 0.619. The number of fused-ring (bicyclic) bond motifs is 1. The van der Waals surface area contributed by atoms with Gasteiger partial charge in [0, 0.05) is 10.0 Å². The van der Waals surface area contributed by atoms with Gasteiger partial charge in [-0.3, -0.25) is 4.79 Å². The predicted octanol–water partition coefficient (Wildman–Crippen LogP) is 3.83. The number of carbonyl (C=O) groups excluding carboxylic acids is 1. The number of nitrogens with zero attached hydrogens (tertiary/aromatic N) is 1. The minimum absolute atomic E-state index is 0.143. The Hall–Kier alpha value is -2.14. The standard InChI is InChI=1S/C16H13BrN2O2/c1-10-8-18-15(21-10)9-19-16(20)13-3-2-12-7-14(17)5-4-11(12)6-13/h2-8H,9H2,1H3,(H,19,20). The van der Waals surface area contributed by atoms with Crippen LogP contribution in [0.5, 0.6) is 0 Å². The number of carbonyl (C=O) groups is 1. The number of hydrogen-bond donors (Lipinski definition) is 1. The first-order valence-corrected chi connectivity index (χ1v) is 7.30. The molecule has 5 heteroatoms. The molecule has 0 radical (unpaired) electrons. The van der Waals surface area contributed by atoms with E-state index < -0.39 is 0 Å². The van der Waals surface area contributed by atoms with Crippen LogP contribution >= 0.6 is 15.9 Å². The van der Waals surface area contributed by atoms with Crippen LogP contribution in [0.3, 0.4) is 0 Å². The number of rotatable bonds is 3. The average Bonchev–Trinajstić information content (AvgIpc) is 2.90. The van der Waals surface area contributed by atoms with Crippen molar-refractivity contribution >= 4 is 32.6 Å². The molecule has 4 nitrogen and oxygen atoms in total. The van der Waals surface area contributed by atoms with Crippen molar-refractivity contribution < 1.29 is 9.21 Å². The van der Waals surface area contributed by atoms with Crippen LogP contribution in [0.2, 0.25) is 0 Å². The summed E-state index contributed by atoms with van der Waals surface area (Å²) in [5.74, 6) is 1.09. The largest absolute Gasteiger partial charge is 0.444 e. The van der Waals surface area contributed by atoms with Crippen LogP contribution in [0.1, 0.15) is 22.0 Å². The summed E-state index contributed by atoms with van der Waals surface area (Å²) >= 11 is 3.44. The lowest BCUT2D eigenvalue weighted by molar-refractivity contribution is 0.0947. The van der Waals surface area contributed by atoms with Crippen LogP contribution < -0.4 is 5.32 Å². The maximum absolute atomic E-state index is 12.1. The molecule has 0 saturated carbocycles. The first kappa shape index (κ1) is 13.8. The summed E-state index contributed by atoms with van der Waals surface area (Å²) in [5, 5.41) is 4.91. The minimum atomic E-state index is -0.143. The van der Waals surface area contributed by atoms with Crippen LogP contribution in [0.4, 0.5) is 0 Å². The molecule has 106 valence electrons. The van der Waals surface area contributed by atoms with Crippen molar-refractivity contribution in [3.05, 3.63) is 64.3 Å². The van der Waals surface area contributed by atoms with Crippen molar-refractivity contribution in [1.82, 2.24) is 10.3 Å². The number of amides is 1. The van der Waals surface area contributed by atoms with Gasteiger partial charge in [0.2, 0.25) is 5.89 Å². The Labute approximate surface area is 130 Å². The Kier molecular flexibility index (Phi) is 3.75. The van der Waals surface area contributed by atoms with Gasteiger partial charge in [-0.2, -0.15) is 0 Å². The molecule has 0 saturated heterocycles. The lowest BCUT2D eigenvalue weighted by Gasteiger charge is -2.05. The van der Waals surface area contributed by atoms with Gasteiger partial charge >= 0.3 is 0 Å². The summed E-state index contributed by atoms with van der Waals surface area (Å²) < 4.78 is 6.34. The first-order chi connectivity index (χ1) is 10.1. The third-order valence-corrected chi connectivity index (χ3v) is 3.63. The normalized spacial score (nSPS) is 10.8. The predicted molar refractivity (Wildman–Crippen MR) is 84.1 cm³/mol. The molecule has 21 heavy (non-hydrogen) atoms. The van der Waals surface area contributed by atoms with Gasteiger partial charge in [0.25, 0.3) is 5.91 Å². The molecular formula is C16H13BrN2O2. The van der Waals surface area contributed by atoms with Crippen LogP contribution in [0.15, 0.2) is 51.5 Å². The lowest BCUT2D eigenvalue weighted by Crippen LogP contribution is -2.22.